The first-order valence-corrected chi connectivity index (χ1v) is 13.4. The summed E-state index contributed by atoms with van der Waals surface area (Å²) in [5, 5.41) is 3.47. The second-order valence-electron chi connectivity index (χ2n) is 9.06. The predicted molar refractivity (Wildman–Crippen MR) is 144 cm³/mol. The molecule has 0 unspecified atom stereocenters. The average Bonchev–Trinajstić information content (AvgIpc) is 3.57. The molecule has 192 valence electrons. The number of aromatic nitrogens is 1. The number of thiocarbonyl (C=S) groups is 1. The minimum Gasteiger partial charge on any atom is -0.467 e. The number of hydrogen-bond acceptors (Lipinski definition) is 7. The maximum Gasteiger partial charge on any atom is 0.341 e. The minimum absolute atomic E-state index is 0.0171. The fourth-order valence-electron chi connectivity index (χ4n) is 4.92. The van der Waals surface area contributed by atoms with Gasteiger partial charge in [0.05, 0.1) is 25.0 Å². The van der Waals surface area contributed by atoms with E-state index in [1.807, 2.05) is 24.5 Å². The van der Waals surface area contributed by atoms with Gasteiger partial charge in [-0.2, -0.15) is 0 Å². The molecule has 0 bridgehead atoms. The Hall–Kier alpha value is -3.50. The van der Waals surface area contributed by atoms with Gasteiger partial charge in [0.1, 0.15) is 16.3 Å². The van der Waals surface area contributed by atoms with Gasteiger partial charge in [0, 0.05) is 16.3 Å². The molecule has 4 heterocycles. The van der Waals surface area contributed by atoms with Crippen LogP contribution < -0.4 is 5.32 Å². The monoisotopic (exact) mass is 537 g/mol. The SMILES string of the molecule is CCOC(=O)c1c(-n2c(C)cc(C=C3C(=O)NC(=S)N(Cc4ccco4)C3=O)c2C)sc2c1CCCC2. The molecule has 0 aromatic carbocycles. The Morgan fingerprint density at radius 3 is 2.78 bits per heavy atom. The molecule has 8 nitrogen and oxygen atoms in total. The van der Waals surface area contributed by atoms with Crippen LogP contribution in [0.2, 0.25) is 0 Å². The summed E-state index contributed by atoms with van der Waals surface area (Å²) in [6.45, 7) is 6.09. The van der Waals surface area contributed by atoms with E-state index in [1.165, 1.54) is 16.0 Å². The number of hydrogen-bond donors (Lipinski definition) is 1. The molecule has 0 radical (unpaired) electrons. The number of aryl methyl sites for hydroxylation is 2. The van der Waals surface area contributed by atoms with E-state index in [0.29, 0.717) is 23.5 Å². The Morgan fingerprint density at radius 1 is 1.27 bits per heavy atom. The fraction of sp³-hybridized carbons (Fsp3) is 0.333. The number of furan rings is 1. The number of amides is 2. The molecule has 37 heavy (non-hydrogen) atoms. The molecule has 0 spiro atoms. The van der Waals surface area contributed by atoms with Crippen LogP contribution in [0.3, 0.4) is 0 Å². The Bertz CT molecular complexity index is 1440. The first-order valence-electron chi connectivity index (χ1n) is 12.2. The van der Waals surface area contributed by atoms with Crippen molar-refractivity contribution in [2.24, 2.45) is 0 Å². The van der Waals surface area contributed by atoms with Gasteiger partial charge in [-0.15, -0.1) is 11.3 Å². The fourth-order valence-corrected chi connectivity index (χ4v) is 6.65. The summed E-state index contributed by atoms with van der Waals surface area (Å²) >= 11 is 6.87. The first-order chi connectivity index (χ1) is 17.8. The molecular weight excluding hydrogens is 510 g/mol. The highest BCUT2D eigenvalue weighted by Gasteiger charge is 2.34. The number of fused-ring (bicyclic) bond motifs is 1. The number of rotatable bonds is 6. The summed E-state index contributed by atoms with van der Waals surface area (Å²) < 4.78 is 12.8. The molecule has 10 heteroatoms. The van der Waals surface area contributed by atoms with E-state index in [2.05, 4.69) is 5.32 Å². The van der Waals surface area contributed by atoms with E-state index in [4.69, 9.17) is 21.4 Å². The maximum atomic E-state index is 13.3. The van der Waals surface area contributed by atoms with Gasteiger partial charge in [-0.25, -0.2) is 4.79 Å². The summed E-state index contributed by atoms with van der Waals surface area (Å²) in [5.74, 6) is -0.797. The molecule has 1 aliphatic carbocycles. The van der Waals surface area contributed by atoms with Crippen molar-refractivity contribution in [3.8, 4) is 5.00 Å². The maximum absolute atomic E-state index is 13.3. The molecule has 0 saturated carbocycles. The van der Waals surface area contributed by atoms with Crippen LogP contribution in [-0.4, -0.2) is 39.0 Å². The number of thiophene rings is 1. The van der Waals surface area contributed by atoms with Gasteiger partial charge in [0.2, 0.25) is 0 Å². The molecule has 3 aromatic rings. The Balaban J connectivity index is 1.55. The predicted octanol–water partition coefficient (Wildman–Crippen LogP) is 4.63. The lowest BCUT2D eigenvalue weighted by molar-refractivity contribution is -0.129. The van der Waals surface area contributed by atoms with Gasteiger partial charge in [0.15, 0.2) is 5.11 Å². The van der Waals surface area contributed by atoms with Gasteiger partial charge in [-0.05, 0) is 94.1 Å². The molecule has 2 amide bonds. The number of carbonyl (C=O) groups excluding carboxylic acids is 3. The lowest BCUT2D eigenvalue weighted by atomic mass is 9.95. The Kier molecular flexibility index (Phi) is 6.87. The minimum atomic E-state index is -0.547. The topological polar surface area (TPSA) is 93.8 Å². The number of ether oxygens (including phenoxy) is 1. The van der Waals surface area contributed by atoms with E-state index in [9.17, 15) is 14.4 Å². The molecule has 0 atom stereocenters. The van der Waals surface area contributed by atoms with Crippen molar-refractivity contribution < 1.29 is 23.5 Å². The lowest BCUT2D eigenvalue weighted by Crippen LogP contribution is -2.53. The van der Waals surface area contributed by atoms with Crippen molar-refractivity contribution in [1.29, 1.82) is 0 Å². The largest absolute Gasteiger partial charge is 0.467 e. The van der Waals surface area contributed by atoms with Crippen LogP contribution in [0.4, 0.5) is 0 Å². The van der Waals surface area contributed by atoms with E-state index in [1.54, 1.807) is 36.5 Å². The molecule has 5 rings (SSSR count). The van der Waals surface area contributed by atoms with Gasteiger partial charge in [-0.1, -0.05) is 0 Å². The number of nitrogens with zero attached hydrogens (tertiary/aromatic N) is 2. The van der Waals surface area contributed by atoms with Crippen LogP contribution in [0, 0.1) is 13.8 Å². The highest BCUT2D eigenvalue weighted by Crippen LogP contribution is 2.39. The molecule has 1 saturated heterocycles. The molecule has 2 aliphatic rings. The summed E-state index contributed by atoms with van der Waals surface area (Å²) in [6.07, 6.45) is 7.06. The van der Waals surface area contributed by atoms with Crippen molar-refractivity contribution in [3.63, 3.8) is 0 Å². The molecule has 1 aliphatic heterocycles. The zero-order valence-electron chi connectivity index (χ0n) is 20.9. The second kappa shape index (κ2) is 10.1. The third kappa shape index (κ3) is 4.55. The Morgan fingerprint density at radius 2 is 2.05 bits per heavy atom. The average molecular weight is 538 g/mol. The van der Waals surface area contributed by atoms with E-state index in [0.717, 1.165) is 47.6 Å². The van der Waals surface area contributed by atoms with Crippen molar-refractivity contribution in [1.82, 2.24) is 14.8 Å². The van der Waals surface area contributed by atoms with Crippen molar-refractivity contribution in [2.45, 2.75) is 53.0 Å². The normalized spacial score (nSPS) is 16.8. The van der Waals surface area contributed by atoms with Crippen molar-refractivity contribution in [3.05, 3.63) is 68.8 Å². The zero-order valence-corrected chi connectivity index (χ0v) is 22.5. The quantitative estimate of drug-likeness (QED) is 0.213. The smallest absolute Gasteiger partial charge is 0.341 e. The van der Waals surface area contributed by atoms with E-state index < -0.39 is 11.8 Å². The number of carbonyl (C=O) groups is 3. The van der Waals surface area contributed by atoms with Gasteiger partial charge < -0.3 is 13.7 Å². The standard InChI is InChI=1S/C27H27N3O5S2/c1-4-34-26(33)22-19-9-5-6-10-21(19)37-25(22)30-15(2)12-17(16(30)3)13-20-23(31)28-27(36)29(24(20)32)14-18-8-7-11-35-18/h7-8,11-13H,4-6,9-10,14H2,1-3H3,(H,28,31,36). The molecule has 1 fully saturated rings. The highest BCUT2D eigenvalue weighted by atomic mass is 32.1. The second-order valence-corrected chi connectivity index (χ2v) is 10.5. The summed E-state index contributed by atoms with van der Waals surface area (Å²) in [6, 6.07) is 5.38. The summed E-state index contributed by atoms with van der Waals surface area (Å²) in [4.78, 5) is 41.7. The molecule has 1 N–H and O–H groups in total. The third-order valence-corrected chi connectivity index (χ3v) is 8.28. The number of esters is 1. The highest BCUT2D eigenvalue weighted by molar-refractivity contribution is 7.80. The van der Waals surface area contributed by atoms with Crippen LogP contribution >= 0.6 is 23.6 Å². The van der Waals surface area contributed by atoms with Gasteiger partial charge in [-0.3, -0.25) is 19.8 Å². The Labute approximate surface area is 223 Å². The van der Waals surface area contributed by atoms with Crippen LogP contribution in [0.15, 0.2) is 34.5 Å². The molecule has 3 aromatic heterocycles. The summed E-state index contributed by atoms with van der Waals surface area (Å²) in [7, 11) is 0. The van der Waals surface area contributed by atoms with E-state index in [-0.39, 0.29) is 23.2 Å². The van der Waals surface area contributed by atoms with Crippen molar-refractivity contribution >= 4 is 52.5 Å². The zero-order chi connectivity index (χ0) is 26.3. The lowest BCUT2D eigenvalue weighted by Gasteiger charge is -2.28. The molecular formula is C27H27N3O5S2. The van der Waals surface area contributed by atoms with Crippen LogP contribution in [-0.2, 0) is 33.7 Å². The van der Waals surface area contributed by atoms with Crippen LogP contribution in [0.5, 0.6) is 0 Å². The van der Waals surface area contributed by atoms with E-state index >= 15 is 0 Å². The van der Waals surface area contributed by atoms with Crippen molar-refractivity contribution in [2.75, 3.05) is 6.61 Å². The van der Waals surface area contributed by atoms with Crippen LogP contribution in [0.25, 0.3) is 11.1 Å². The summed E-state index contributed by atoms with van der Waals surface area (Å²) in [5.41, 5.74) is 4.12. The van der Waals surface area contributed by atoms with Crippen LogP contribution in [0.1, 0.15) is 63.3 Å². The third-order valence-electron chi connectivity index (χ3n) is 6.69. The van der Waals surface area contributed by atoms with Gasteiger partial charge >= 0.3 is 5.97 Å². The first kappa shape index (κ1) is 25.2. The number of nitrogens with one attached hydrogen (secondary N) is 1. The van der Waals surface area contributed by atoms with Gasteiger partial charge in [0.25, 0.3) is 11.8 Å².